The monoisotopic (exact) mass is 346 g/mol. The lowest BCUT2D eigenvalue weighted by Gasteiger charge is -2.11. The molecule has 0 spiro atoms. The van der Waals surface area contributed by atoms with Crippen molar-refractivity contribution in [3.63, 3.8) is 0 Å². The van der Waals surface area contributed by atoms with Crippen molar-refractivity contribution in [2.45, 2.75) is 6.18 Å². The van der Waals surface area contributed by atoms with Gasteiger partial charge in [-0.05, 0) is 54.6 Å². The van der Waals surface area contributed by atoms with Crippen LogP contribution >= 0.6 is 0 Å². The molecule has 3 aromatic rings. The molecule has 1 aromatic heterocycles. The number of halogens is 3. The Morgan fingerprint density at radius 2 is 1.60 bits per heavy atom. The van der Waals surface area contributed by atoms with Gasteiger partial charge in [0, 0.05) is 17.1 Å². The summed E-state index contributed by atoms with van der Waals surface area (Å²) in [6.07, 6.45) is -2.99. The van der Waals surface area contributed by atoms with Crippen molar-refractivity contribution < 1.29 is 22.4 Å². The molecule has 128 valence electrons. The number of nitrogens with one attached hydrogen (secondary N) is 2. The van der Waals surface area contributed by atoms with Crippen molar-refractivity contribution in [2.75, 3.05) is 10.6 Å². The van der Waals surface area contributed by atoms with Crippen molar-refractivity contribution >= 4 is 23.0 Å². The number of hydrogen-bond acceptors (Lipinski definition) is 3. The molecule has 25 heavy (non-hydrogen) atoms. The van der Waals surface area contributed by atoms with E-state index in [9.17, 15) is 18.0 Å². The molecule has 0 aliphatic heterocycles. The smallest absolute Gasteiger partial charge is 0.416 e. The van der Waals surface area contributed by atoms with E-state index in [1.165, 1.54) is 12.3 Å². The lowest BCUT2D eigenvalue weighted by Crippen LogP contribution is -2.10. The largest absolute Gasteiger partial charge is 0.459 e. The van der Waals surface area contributed by atoms with Gasteiger partial charge in [-0.1, -0.05) is 6.07 Å². The molecule has 1 amide bonds. The summed E-state index contributed by atoms with van der Waals surface area (Å²) in [5.74, 6) is -0.199. The Balaban J connectivity index is 1.68. The summed E-state index contributed by atoms with van der Waals surface area (Å²) < 4.78 is 43.2. The van der Waals surface area contributed by atoms with Crippen LogP contribution in [0.3, 0.4) is 0 Å². The highest BCUT2D eigenvalue weighted by molar-refractivity contribution is 6.02. The van der Waals surface area contributed by atoms with Crippen LogP contribution in [0.1, 0.15) is 16.1 Å². The first kappa shape index (κ1) is 16.6. The summed E-state index contributed by atoms with van der Waals surface area (Å²) in [6.45, 7) is 0. The summed E-state index contributed by atoms with van der Waals surface area (Å²) in [7, 11) is 0. The molecular weight excluding hydrogens is 333 g/mol. The van der Waals surface area contributed by atoms with Gasteiger partial charge in [0.15, 0.2) is 5.76 Å². The third-order valence-electron chi connectivity index (χ3n) is 3.37. The van der Waals surface area contributed by atoms with E-state index in [1.54, 1.807) is 42.5 Å². The zero-order valence-electron chi connectivity index (χ0n) is 12.8. The van der Waals surface area contributed by atoms with E-state index in [0.717, 1.165) is 12.1 Å². The zero-order valence-corrected chi connectivity index (χ0v) is 12.8. The highest BCUT2D eigenvalue weighted by atomic mass is 19.4. The highest BCUT2D eigenvalue weighted by Crippen LogP contribution is 2.31. The minimum atomic E-state index is -4.39. The standard InChI is InChI=1S/C18H13F3N2O2/c19-18(20,21)12-3-1-4-15(11-12)22-13-6-8-14(9-7-13)23-17(24)16-5-2-10-25-16/h1-11,22H,(H,23,24). The van der Waals surface area contributed by atoms with E-state index < -0.39 is 11.7 Å². The van der Waals surface area contributed by atoms with E-state index in [0.29, 0.717) is 17.1 Å². The first-order valence-electron chi connectivity index (χ1n) is 7.31. The molecule has 3 rings (SSSR count). The second kappa shape index (κ2) is 6.72. The van der Waals surface area contributed by atoms with Crippen LogP contribution in [0.5, 0.6) is 0 Å². The molecule has 4 nitrogen and oxygen atoms in total. The lowest BCUT2D eigenvalue weighted by molar-refractivity contribution is -0.137. The van der Waals surface area contributed by atoms with Crippen molar-refractivity contribution in [3.05, 3.63) is 78.3 Å². The molecule has 0 atom stereocenters. The molecule has 2 N–H and O–H groups in total. The Morgan fingerprint density at radius 1 is 0.880 bits per heavy atom. The molecule has 1 heterocycles. The minimum Gasteiger partial charge on any atom is -0.459 e. The Labute approximate surface area is 141 Å². The number of anilines is 3. The summed E-state index contributed by atoms with van der Waals surface area (Å²) in [6, 6.07) is 14.6. The van der Waals surface area contributed by atoms with Gasteiger partial charge < -0.3 is 15.1 Å². The maximum Gasteiger partial charge on any atom is 0.416 e. The molecule has 0 saturated carbocycles. The van der Waals surface area contributed by atoms with Gasteiger partial charge >= 0.3 is 6.18 Å². The fraction of sp³-hybridized carbons (Fsp3) is 0.0556. The quantitative estimate of drug-likeness (QED) is 0.674. The number of carbonyl (C=O) groups excluding carboxylic acids is 1. The normalized spacial score (nSPS) is 11.2. The number of benzene rings is 2. The van der Waals surface area contributed by atoms with Gasteiger partial charge in [0.05, 0.1) is 11.8 Å². The van der Waals surface area contributed by atoms with Crippen molar-refractivity contribution in [1.29, 1.82) is 0 Å². The molecule has 7 heteroatoms. The molecule has 0 fully saturated rings. The van der Waals surface area contributed by atoms with Crippen LogP contribution in [0.2, 0.25) is 0 Å². The van der Waals surface area contributed by atoms with Crippen molar-refractivity contribution in [3.8, 4) is 0 Å². The fourth-order valence-corrected chi connectivity index (χ4v) is 2.18. The van der Waals surface area contributed by atoms with Gasteiger partial charge in [0.2, 0.25) is 0 Å². The minimum absolute atomic E-state index is 0.186. The summed E-state index contributed by atoms with van der Waals surface area (Å²) in [5.41, 5.74) is 0.730. The third-order valence-corrected chi connectivity index (χ3v) is 3.37. The van der Waals surface area contributed by atoms with Crippen LogP contribution in [0.4, 0.5) is 30.2 Å². The Kier molecular flexibility index (Phi) is 4.47. The van der Waals surface area contributed by atoms with Crippen LogP contribution in [-0.4, -0.2) is 5.91 Å². The molecule has 0 unspecified atom stereocenters. The van der Waals surface area contributed by atoms with Crippen LogP contribution < -0.4 is 10.6 Å². The first-order valence-corrected chi connectivity index (χ1v) is 7.31. The summed E-state index contributed by atoms with van der Waals surface area (Å²) in [5, 5.41) is 5.55. The topological polar surface area (TPSA) is 54.3 Å². The molecule has 0 bridgehead atoms. The van der Waals surface area contributed by atoms with Gasteiger partial charge in [0.1, 0.15) is 0 Å². The Morgan fingerprint density at radius 3 is 2.24 bits per heavy atom. The van der Waals surface area contributed by atoms with Gasteiger partial charge in [-0.15, -0.1) is 0 Å². The molecule has 2 aromatic carbocycles. The second-order valence-electron chi connectivity index (χ2n) is 5.21. The average Bonchev–Trinajstić information content (AvgIpc) is 3.11. The van der Waals surface area contributed by atoms with Crippen LogP contribution in [0.15, 0.2) is 71.3 Å². The van der Waals surface area contributed by atoms with Gasteiger partial charge in [-0.25, -0.2) is 0 Å². The highest BCUT2D eigenvalue weighted by Gasteiger charge is 2.30. The number of amides is 1. The molecular formula is C18H13F3N2O2. The fourth-order valence-electron chi connectivity index (χ4n) is 2.18. The second-order valence-corrected chi connectivity index (χ2v) is 5.21. The van der Waals surface area contributed by atoms with Crippen LogP contribution in [0, 0.1) is 0 Å². The van der Waals surface area contributed by atoms with Gasteiger partial charge in [-0.3, -0.25) is 4.79 Å². The predicted octanol–water partition coefficient (Wildman–Crippen LogP) is 5.29. The zero-order chi connectivity index (χ0) is 17.9. The van der Waals surface area contributed by atoms with E-state index in [2.05, 4.69) is 10.6 Å². The molecule has 0 radical (unpaired) electrons. The number of hydrogen-bond donors (Lipinski definition) is 2. The number of carbonyl (C=O) groups is 1. The van der Waals surface area contributed by atoms with E-state index in [1.807, 2.05) is 0 Å². The summed E-state index contributed by atoms with van der Waals surface area (Å²) in [4.78, 5) is 11.9. The molecule has 0 saturated heterocycles. The lowest BCUT2D eigenvalue weighted by atomic mass is 10.2. The van der Waals surface area contributed by atoms with Crippen LogP contribution in [-0.2, 0) is 6.18 Å². The first-order chi connectivity index (χ1) is 11.9. The number of alkyl halides is 3. The Hall–Kier alpha value is -3.22. The van der Waals surface area contributed by atoms with Crippen LogP contribution in [0.25, 0.3) is 0 Å². The van der Waals surface area contributed by atoms with E-state index >= 15 is 0 Å². The Bertz CT molecular complexity index is 857. The third kappa shape index (κ3) is 4.20. The average molecular weight is 346 g/mol. The van der Waals surface area contributed by atoms with Crippen molar-refractivity contribution in [1.82, 2.24) is 0 Å². The maximum absolute atomic E-state index is 12.7. The van der Waals surface area contributed by atoms with E-state index in [-0.39, 0.29) is 11.7 Å². The van der Waals surface area contributed by atoms with Gasteiger partial charge in [0.25, 0.3) is 5.91 Å². The predicted molar refractivity (Wildman–Crippen MR) is 87.8 cm³/mol. The SMILES string of the molecule is O=C(Nc1ccc(Nc2cccc(C(F)(F)F)c2)cc1)c1ccco1. The molecule has 0 aliphatic carbocycles. The number of furan rings is 1. The van der Waals surface area contributed by atoms with Gasteiger partial charge in [-0.2, -0.15) is 13.2 Å². The summed E-state index contributed by atoms with van der Waals surface area (Å²) >= 11 is 0. The van der Waals surface area contributed by atoms with Crippen molar-refractivity contribution in [2.24, 2.45) is 0 Å². The number of rotatable bonds is 4. The maximum atomic E-state index is 12.7. The van der Waals surface area contributed by atoms with E-state index in [4.69, 9.17) is 4.42 Å². The molecule has 0 aliphatic rings.